The maximum Gasteiger partial charge on any atom is 0.0558 e. The molecule has 0 aromatic carbocycles. The summed E-state index contributed by atoms with van der Waals surface area (Å²) in [5, 5.41) is 0. The van der Waals surface area contributed by atoms with E-state index in [1.165, 1.54) is 38.5 Å². The first-order valence-electron chi connectivity index (χ1n) is 9.05. The van der Waals surface area contributed by atoms with Gasteiger partial charge >= 0.3 is 0 Å². The minimum atomic E-state index is 0.268. The first-order chi connectivity index (χ1) is 10.2. The fraction of sp³-hybridized carbons (Fsp3) is 0.750. The van der Waals surface area contributed by atoms with Gasteiger partial charge in [-0.1, -0.05) is 64.8 Å². The summed E-state index contributed by atoms with van der Waals surface area (Å²) in [6, 6.07) is 0.470. The largest absolute Gasteiger partial charge is 0.293 e. The number of allylic oxidation sites excluding steroid dienone is 3. The van der Waals surface area contributed by atoms with E-state index < -0.39 is 0 Å². The van der Waals surface area contributed by atoms with Crippen molar-refractivity contribution in [1.29, 1.82) is 0 Å². The molecule has 1 heteroatoms. The first-order valence-corrected chi connectivity index (χ1v) is 9.05. The third kappa shape index (κ3) is 5.80. The Morgan fingerprint density at radius 2 is 1.57 bits per heavy atom. The minimum absolute atomic E-state index is 0.268. The van der Waals surface area contributed by atoms with Crippen molar-refractivity contribution >= 4 is 6.21 Å². The van der Waals surface area contributed by atoms with E-state index in [1.807, 2.05) is 0 Å². The van der Waals surface area contributed by atoms with Crippen molar-refractivity contribution in [2.75, 3.05) is 0 Å². The van der Waals surface area contributed by atoms with Crippen LogP contribution in [0.3, 0.4) is 0 Å². The van der Waals surface area contributed by atoms with Gasteiger partial charge in [-0.2, -0.15) is 0 Å². The number of nitrogens with zero attached hydrogens (tertiary/aromatic N) is 1. The van der Waals surface area contributed by atoms with E-state index >= 15 is 0 Å². The summed E-state index contributed by atoms with van der Waals surface area (Å²) in [5.74, 6) is 0.718. The second-order valence-electron chi connectivity index (χ2n) is 6.45. The lowest BCUT2D eigenvalue weighted by Gasteiger charge is -2.28. The molecule has 1 aliphatic rings. The Labute approximate surface area is 132 Å². The highest BCUT2D eigenvalue weighted by molar-refractivity contribution is 5.66. The van der Waals surface area contributed by atoms with Gasteiger partial charge < -0.3 is 0 Å². The molecule has 0 N–H and O–H groups in total. The molecular weight excluding hydrogens is 254 g/mol. The zero-order chi connectivity index (χ0) is 15.6. The SMILES string of the molecule is CCC(CC)C1C/C=C\CC/C=C\CC(CC)(CC)C=N1. The van der Waals surface area contributed by atoms with E-state index in [0.717, 1.165) is 18.8 Å². The number of aliphatic imine (C=N–C) groups is 1. The molecule has 1 heterocycles. The standard InChI is InChI=1S/C20H35N/c1-5-18(6-2)19-15-13-11-9-10-12-14-16-20(7-3,8-4)17-21-19/h11-14,17-19H,5-10,15-16H2,1-4H3/b13-11-,14-12-,21-17?. The van der Waals surface area contributed by atoms with Gasteiger partial charge in [-0.15, -0.1) is 0 Å². The average Bonchev–Trinajstić information content (AvgIpc) is 2.51. The van der Waals surface area contributed by atoms with Gasteiger partial charge in [-0.25, -0.2) is 0 Å². The maximum absolute atomic E-state index is 5.08. The molecule has 0 aromatic heterocycles. The molecule has 0 spiro atoms. The van der Waals surface area contributed by atoms with Crippen molar-refractivity contribution in [2.24, 2.45) is 16.3 Å². The second-order valence-corrected chi connectivity index (χ2v) is 6.45. The quantitative estimate of drug-likeness (QED) is 0.522. The minimum Gasteiger partial charge on any atom is -0.293 e. The van der Waals surface area contributed by atoms with Gasteiger partial charge in [0.25, 0.3) is 0 Å². The molecule has 1 unspecified atom stereocenters. The molecule has 0 bridgehead atoms. The highest BCUT2D eigenvalue weighted by Gasteiger charge is 2.24. The lowest BCUT2D eigenvalue weighted by atomic mass is 9.80. The van der Waals surface area contributed by atoms with Crippen molar-refractivity contribution in [2.45, 2.75) is 85.1 Å². The summed E-state index contributed by atoms with van der Waals surface area (Å²) < 4.78 is 0. The number of hydrogen-bond acceptors (Lipinski definition) is 1. The molecule has 0 aromatic rings. The first kappa shape index (κ1) is 18.2. The molecule has 0 saturated heterocycles. The van der Waals surface area contributed by atoms with Crippen molar-refractivity contribution in [3.8, 4) is 0 Å². The Morgan fingerprint density at radius 3 is 2.14 bits per heavy atom. The Hall–Kier alpha value is -0.850. The highest BCUT2D eigenvalue weighted by atomic mass is 14.8. The lowest BCUT2D eigenvalue weighted by Crippen LogP contribution is -2.24. The summed E-state index contributed by atoms with van der Waals surface area (Å²) in [5.41, 5.74) is 0.268. The van der Waals surface area contributed by atoms with E-state index in [2.05, 4.69) is 58.2 Å². The van der Waals surface area contributed by atoms with E-state index in [0.29, 0.717) is 6.04 Å². The van der Waals surface area contributed by atoms with Crippen molar-refractivity contribution in [3.05, 3.63) is 24.3 Å². The molecule has 120 valence electrons. The molecule has 1 rings (SSSR count). The Kier molecular flexibility index (Phi) is 8.64. The lowest BCUT2D eigenvalue weighted by molar-refractivity contribution is 0.378. The van der Waals surface area contributed by atoms with Gasteiger partial charge in [-0.05, 0) is 44.4 Å². The zero-order valence-corrected chi connectivity index (χ0v) is 14.6. The van der Waals surface area contributed by atoms with Crippen LogP contribution in [0, 0.1) is 11.3 Å². The van der Waals surface area contributed by atoms with E-state index in [9.17, 15) is 0 Å². The second kappa shape index (κ2) is 9.97. The van der Waals surface area contributed by atoms with Gasteiger partial charge in [0.2, 0.25) is 0 Å². The molecule has 1 nitrogen and oxygen atoms in total. The summed E-state index contributed by atoms with van der Waals surface area (Å²) in [6.45, 7) is 9.22. The zero-order valence-electron chi connectivity index (χ0n) is 14.6. The van der Waals surface area contributed by atoms with Crippen LogP contribution in [0.4, 0.5) is 0 Å². The van der Waals surface area contributed by atoms with Gasteiger partial charge in [0.15, 0.2) is 0 Å². The van der Waals surface area contributed by atoms with Crippen LogP contribution >= 0.6 is 0 Å². The van der Waals surface area contributed by atoms with E-state index in [4.69, 9.17) is 4.99 Å². The van der Waals surface area contributed by atoms with E-state index in [1.54, 1.807) is 0 Å². The van der Waals surface area contributed by atoms with Crippen LogP contribution in [-0.2, 0) is 0 Å². The highest BCUT2D eigenvalue weighted by Crippen LogP contribution is 2.30. The number of rotatable bonds is 5. The maximum atomic E-state index is 5.08. The van der Waals surface area contributed by atoms with Crippen molar-refractivity contribution < 1.29 is 0 Å². The molecule has 0 amide bonds. The van der Waals surface area contributed by atoms with Crippen LogP contribution in [0.1, 0.15) is 79.1 Å². The van der Waals surface area contributed by atoms with Crippen molar-refractivity contribution in [3.63, 3.8) is 0 Å². The Morgan fingerprint density at radius 1 is 0.952 bits per heavy atom. The topological polar surface area (TPSA) is 12.4 Å². The molecule has 0 fully saturated rings. The normalized spacial score (nSPS) is 26.0. The Balaban J connectivity index is 2.99. The average molecular weight is 290 g/mol. The van der Waals surface area contributed by atoms with Crippen LogP contribution < -0.4 is 0 Å². The Bertz CT molecular complexity index is 343. The molecular formula is C20H35N. The van der Waals surface area contributed by atoms with Crippen LogP contribution in [0.15, 0.2) is 29.3 Å². The summed E-state index contributed by atoms with van der Waals surface area (Å²) >= 11 is 0. The fourth-order valence-corrected chi connectivity index (χ4v) is 3.22. The van der Waals surface area contributed by atoms with Crippen LogP contribution in [0.2, 0.25) is 0 Å². The molecule has 0 radical (unpaired) electrons. The molecule has 0 aliphatic carbocycles. The monoisotopic (exact) mass is 289 g/mol. The van der Waals surface area contributed by atoms with Gasteiger partial charge in [0.05, 0.1) is 6.04 Å². The predicted molar refractivity (Wildman–Crippen MR) is 96.1 cm³/mol. The van der Waals surface area contributed by atoms with E-state index in [-0.39, 0.29) is 5.41 Å². The van der Waals surface area contributed by atoms with Crippen molar-refractivity contribution in [1.82, 2.24) is 0 Å². The van der Waals surface area contributed by atoms with Crippen LogP contribution in [0.25, 0.3) is 0 Å². The van der Waals surface area contributed by atoms with Gasteiger partial charge in [-0.3, -0.25) is 4.99 Å². The van der Waals surface area contributed by atoms with Crippen LogP contribution in [-0.4, -0.2) is 12.3 Å². The number of hydrogen-bond donors (Lipinski definition) is 0. The smallest absolute Gasteiger partial charge is 0.0558 e. The summed E-state index contributed by atoms with van der Waals surface area (Å²) in [7, 11) is 0. The van der Waals surface area contributed by atoms with Gasteiger partial charge in [0.1, 0.15) is 0 Å². The summed E-state index contributed by atoms with van der Waals surface area (Å²) in [6.07, 6.45) is 21.2. The predicted octanol–water partition coefficient (Wildman–Crippen LogP) is 6.35. The fourth-order valence-electron chi connectivity index (χ4n) is 3.22. The third-order valence-electron chi connectivity index (χ3n) is 5.28. The molecule has 1 aliphatic heterocycles. The third-order valence-corrected chi connectivity index (χ3v) is 5.28. The molecule has 0 saturated carbocycles. The molecule has 21 heavy (non-hydrogen) atoms. The summed E-state index contributed by atoms with van der Waals surface area (Å²) in [4.78, 5) is 5.08. The molecule has 1 atom stereocenters. The van der Waals surface area contributed by atoms with Crippen LogP contribution in [0.5, 0.6) is 0 Å². The van der Waals surface area contributed by atoms with Gasteiger partial charge in [0, 0.05) is 11.6 Å².